The predicted octanol–water partition coefficient (Wildman–Crippen LogP) is 3.14. The summed E-state index contributed by atoms with van der Waals surface area (Å²) in [6.45, 7) is 1.46. The molecule has 1 amide bonds. The second kappa shape index (κ2) is 7.77. The van der Waals surface area contributed by atoms with Crippen molar-refractivity contribution in [2.45, 2.75) is 18.9 Å². The molecule has 136 valence electrons. The number of benzene rings is 2. The van der Waals surface area contributed by atoms with E-state index in [2.05, 4.69) is 18.2 Å². The SMILES string of the molecule is N#CC1=C2SC[NH+](Cc3ccccc3)CN2C(=O)C[C@@H]1c1ccccc1Cl. The quantitative estimate of drug-likeness (QED) is 0.867. The van der Waals surface area contributed by atoms with Crippen LogP contribution in [-0.2, 0) is 11.3 Å². The largest absolute Gasteiger partial charge is 0.305 e. The van der Waals surface area contributed by atoms with E-state index in [9.17, 15) is 10.1 Å². The van der Waals surface area contributed by atoms with E-state index >= 15 is 0 Å². The molecular formula is C21H19ClN3OS+. The van der Waals surface area contributed by atoms with Gasteiger partial charge in [-0.1, -0.05) is 60.1 Å². The number of nitrogens with zero attached hydrogens (tertiary/aromatic N) is 2. The van der Waals surface area contributed by atoms with E-state index in [1.165, 1.54) is 10.5 Å². The zero-order valence-corrected chi connectivity index (χ0v) is 16.3. The van der Waals surface area contributed by atoms with Crippen molar-refractivity contribution in [1.82, 2.24) is 4.90 Å². The van der Waals surface area contributed by atoms with Crippen LogP contribution in [0.25, 0.3) is 0 Å². The molecule has 0 saturated carbocycles. The maximum Gasteiger partial charge on any atom is 0.232 e. The third-order valence-electron chi connectivity index (χ3n) is 5.00. The number of hydrogen-bond donors (Lipinski definition) is 1. The molecule has 2 aliphatic heterocycles. The minimum absolute atomic E-state index is 0.0617. The molecule has 2 aromatic carbocycles. The van der Waals surface area contributed by atoms with Crippen LogP contribution < -0.4 is 4.90 Å². The molecule has 4 nitrogen and oxygen atoms in total. The van der Waals surface area contributed by atoms with Gasteiger partial charge in [0, 0.05) is 22.9 Å². The van der Waals surface area contributed by atoms with E-state index in [1.54, 1.807) is 16.7 Å². The van der Waals surface area contributed by atoms with Gasteiger partial charge in [-0.3, -0.25) is 9.69 Å². The number of nitriles is 1. The van der Waals surface area contributed by atoms with Gasteiger partial charge in [0.1, 0.15) is 17.5 Å². The standard InChI is InChI=1S/C21H18ClN3OS/c22-19-9-5-4-8-16(19)17-10-20(26)25-13-24(12-15-6-2-1-3-7-15)14-27-21(25)18(17)11-23/h1-9,17H,10,12-14H2/p+1/t17-/m1/s1. The lowest BCUT2D eigenvalue weighted by Gasteiger charge is -2.39. The van der Waals surface area contributed by atoms with Crippen molar-refractivity contribution in [3.8, 4) is 6.07 Å². The van der Waals surface area contributed by atoms with Gasteiger partial charge in [-0.15, -0.1) is 0 Å². The average molecular weight is 397 g/mol. The molecule has 0 radical (unpaired) electrons. The van der Waals surface area contributed by atoms with Crippen LogP contribution in [0.15, 0.2) is 65.2 Å². The van der Waals surface area contributed by atoms with Gasteiger partial charge >= 0.3 is 0 Å². The number of thioether (sulfide) groups is 1. The minimum atomic E-state index is -0.259. The third-order valence-corrected chi connectivity index (χ3v) is 6.61. The first-order valence-corrected chi connectivity index (χ1v) is 10.2. The number of hydrogen-bond acceptors (Lipinski definition) is 3. The molecule has 1 N–H and O–H groups in total. The molecule has 0 aliphatic carbocycles. The van der Waals surface area contributed by atoms with Crippen molar-refractivity contribution in [3.05, 3.63) is 81.3 Å². The van der Waals surface area contributed by atoms with Gasteiger partial charge in [-0.05, 0) is 23.4 Å². The Kier molecular flexibility index (Phi) is 5.22. The zero-order chi connectivity index (χ0) is 18.8. The highest BCUT2D eigenvalue weighted by Crippen LogP contribution is 2.42. The van der Waals surface area contributed by atoms with E-state index in [0.717, 1.165) is 23.0 Å². The summed E-state index contributed by atoms with van der Waals surface area (Å²) in [6.07, 6.45) is 0.287. The Morgan fingerprint density at radius 3 is 2.67 bits per heavy atom. The normalized spacial score (nSPS) is 22.4. The summed E-state index contributed by atoms with van der Waals surface area (Å²) in [5.74, 6) is 0.631. The van der Waals surface area contributed by atoms with Crippen LogP contribution in [-0.4, -0.2) is 23.4 Å². The number of nitrogens with one attached hydrogen (secondary N) is 1. The third kappa shape index (κ3) is 3.61. The molecule has 27 heavy (non-hydrogen) atoms. The molecule has 4 rings (SSSR count). The van der Waals surface area contributed by atoms with Crippen LogP contribution in [0.5, 0.6) is 0 Å². The second-order valence-electron chi connectivity index (χ2n) is 6.79. The maximum atomic E-state index is 12.9. The molecule has 2 atom stereocenters. The summed E-state index contributed by atoms with van der Waals surface area (Å²) in [5.41, 5.74) is 2.77. The lowest BCUT2D eigenvalue weighted by Crippen LogP contribution is -3.12. The first kappa shape index (κ1) is 18.1. The maximum absolute atomic E-state index is 12.9. The minimum Gasteiger partial charge on any atom is -0.305 e. The van der Waals surface area contributed by atoms with Gasteiger partial charge in [0.2, 0.25) is 5.91 Å². The Bertz CT molecular complexity index is 938. The molecule has 2 aliphatic rings. The van der Waals surface area contributed by atoms with E-state index in [4.69, 9.17) is 11.6 Å². The molecular weight excluding hydrogens is 378 g/mol. The summed E-state index contributed by atoms with van der Waals surface area (Å²) in [7, 11) is 0. The van der Waals surface area contributed by atoms with Crippen LogP contribution >= 0.6 is 23.4 Å². The number of rotatable bonds is 3. The number of fused-ring (bicyclic) bond motifs is 1. The molecule has 2 aromatic rings. The van der Waals surface area contributed by atoms with Gasteiger partial charge in [0.25, 0.3) is 0 Å². The summed E-state index contributed by atoms with van der Waals surface area (Å²) in [6, 6.07) is 20.1. The average Bonchev–Trinajstić information content (AvgIpc) is 2.69. The van der Waals surface area contributed by atoms with Crippen LogP contribution in [0.3, 0.4) is 0 Å². The number of allylic oxidation sites excluding steroid dienone is 1. The molecule has 2 heterocycles. The summed E-state index contributed by atoms with van der Waals surface area (Å²) >= 11 is 7.95. The van der Waals surface area contributed by atoms with Crippen LogP contribution in [0, 0.1) is 11.3 Å². The fraction of sp³-hybridized carbons (Fsp3) is 0.238. The van der Waals surface area contributed by atoms with Crippen molar-refractivity contribution in [2.24, 2.45) is 0 Å². The summed E-state index contributed by atoms with van der Waals surface area (Å²) in [4.78, 5) is 16.0. The molecule has 0 spiro atoms. The summed E-state index contributed by atoms with van der Waals surface area (Å²) in [5, 5.41) is 11.2. The lowest BCUT2D eigenvalue weighted by atomic mass is 9.86. The Morgan fingerprint density at radius 1 is 1.19 bits per heavy atom. The highest BCUT2D eigenvalue weighted by atomic mass is 35.5. The monoisotopic (exact) mass is 396 g/mol. The van der Waals surface area contributed by atoms with E-state index in [0.29, 0.717) is 17.3 Å². The van der Waals surface area contributed by atoms with E-state index < -0.39 is 0 Å². The molecule has 0 bridgehead atoms. The number of quaternary nitrogens is 1. The van der Waals surface area contributed by atoms with Crippen molar-refractivity contribution >= 4 is 29.3 Å². The number of carbonyl (C=O) groups is 1. The van der Waals surface area contributed by atoms with Gasteiger partial charge in [-0.25, -0.2) is 0 Å². The highest BCUT2D eigenvalue weighted by molar-refractivity contribution is 8.02. The number of amides is 1. The Hall–Kier alpha value is -2.26. The predicted molar refractivity (Wildman–Crippen MR) is 107 cm³/mol. The molecule has 6 heteroatoms. The van der Waals surface area contributed by atoms with Crippen molar-refractivity contribution in [3.63, 3.8) is 0 Å². The van der Waals surface area contributed by atoms with Crippen molar-refractivity contribution < 1.29 is 9.69 Å². The van der Waals surface area contributed by atoms with Gasteiger partial charge in [-0.2, -0.15) is 5.26 Å². The van der Waals surface area contributed by atoms with Crippen molar-refractivity contribution in [2.75, 3.05) is 12.5 Å². The van der Waals surface area contributed by atoms with Gasteiger partial charge in [0.05, 0.1) is 11.6 Å². The number of halogens is 1. The van der Waals surface area contributed by atoms with Crippen LogP contribution in [0.1, 0.15) is 23.5 Å². The Morgan fingerprint density at radius 2 is 1.93 bits per heavy atom. The molecule has 0 aromatic heterocycles. The van der Waals surface area contributed by atoms with Crippen molar-refractivity contribution in [1.29, 1.82) is 5.26 Å². The Labute approximate surface area is 168 Å². The highest BCUT2D eigenvalue weighted by Gasteiger charge is 2.40. The molecule has 1 unspecified atom stereocenters. The Balaban J connectivity index is 1.61. The van der Waals surface area contributed by atoms with E-state index in [-0.39, 0.29) is 18.2 Å². The smallest absolute Gasteiger partial charge is 0.232 e. The van der Waals surface area contributed by atoms with Gasteiger partial charge in [0.15, 0.2) is 6.67 Å². The second-order valence-corrected chi connectivity index (χ2v) is 8.16. The van der Waals surface area contributed by atoms with Gasteiger partial charge < -0.3 is 4.90 Å². The molecule has 1 saturated heterocycles. The summed E-state index contributed by atoms with van der Waals surface area (Å²) < 4.78 is 0. The van der Waals surface area contributed by atoms with Crippen LogP contribution in [0.2, 0.25) is 5.02 Å². The molecule has 1 fully saturated rings. The first-order valence-electron chi connectivity index (χ1n) is 8.86. The topological polar surface area (TPSA) is 48.5 Å². The van der Waals surface area contributed by atoms with E-state index in [1.807, 2.05) is 42.5 Å². The zero-order valence-electron chi connectivity index (χ0n) is 14.7. The first-order chi connectivity index (χ1) is 13.2. The van der Waals surface area contributed by atoms with Crippen LogP contribution in [0.4, 0.5) is 0 Å². The fourth-order valence-corrected chi connectivity index (χ4v) is 5.16. The lowest BCUT2D eigenvalue weighted by molar-refractivity contribution is -0.910. The number of carbonyl (C=O) groups excluding carboxylic acids is 1. The fourth-order valence-electron chi connectivity index (χ4n) is 3.69.